The van der Waals surface area contributed by atoms with Gasteiger partial charge in [-0.25, -0.2) is 34.9 Å². The lowest BCUT2D eigenvalue weighted by Crippen LogP contribution is -2.43. The molecule has 0 radical (unpaired) electrons. The summed E-state index contributed by atoms with van der Waals surface area (Å²) in [4.78, 5) is 35.3. The van der Waals surface area contributed by atoms with Crippen LogP contribution in [0.5, 0.6) is 0 Å². The molecule has 0 amide bonds. The van der Waals surface area contributed by atoms with Gasteiger partial charge >= 0.3 is 0 Å². The number of allylic oxidation sites excluding steroid dienone is 2. The van der Waals surface area contributed by atoms with Crippen LogP contribution >= 0.6 is 0 Å². The van der Waals surface area contributed by atoms with E-state index in [0.717, 1.165) is 80.0 Å². The van der Waals surface area contributed by atoms with Crippen molar-refractivity contribution in [3.05, 3.63) is 11.8 Å². The van der Waals surface area contributed by atoms with E-state index in [4.69, 9.17) is 34.9 Å². The molecule has 0 aromatic carbocycles. The number of hydrogen-bond acceptors (Lipinski definition) is 7. The van der Waals surface area contributed by atoms with Crippen molar-refractivity contribution in [3.63, 3.8) is 0 Å². The van der Waals surface area contributed by atoms with Gasteiger partial charge < -0.3 is 0 Å². The molecule has 200 valence electrons. The van der Waals surface area contributed by atoms with E-state index in [1.165, 1.54) is 30.7 Å². The van der Waals surface area contributed by atoms with Crippen LogP contribution in [0.15, 0.2) is 46.7 Å². The average molecular weight is 512 g/mol. The van der Waals surface area contributed by atoms with Crippen molar-refractivity contribution >= 4 is 40.7 Å². The van der Waals surface area contributed by atoms with Gasteiger partial charge in [-0.15, -0.1) is 0 Å². The third-order valence-electron chi connectivity index (χ3n) is 10.4. The topological polar surface area (TPSA) is 86.5 Å². The Kier molecular flexibility index (Phi) is 6.16. The standard InChI is InChI=1S/C31H41N7/c1-5-16-9-18-11-20-13-22-15-23-14-21-12-19-10-17(6-2)25(8-4)33-27(19)35-29(21)37-31(23)38-30(22)36-28(20)34-26(18)32-24(16)7-3/h7,16-23H,5-6,8-15H2,1-4H3/b24-7+. The van der Waals surface area contributed by atoms with Crippen LogP contribution in [-0.4, -0.2) is 40.7 Å². The Hall–Kier alpha value is -2.57. The van der Waals surface area contributed by atoms with Crippen LogP contribution in [0.2, 0.25) is 0 Å². The number of amidine groups is 6. The molecule has 0 spiro atoms. The Morgan fingerprint density at radius 1 is 0.500 bits per heavy atom. The van der Waals surface area contributed by atoms with Gasteiger partial charge in [0.15, 0.2) is 0 Å². The second-order valence-corrected chi connectivity index (χ2v) is 12.5. The Labute approximate surface area is 226 Å². The van der Waals surface area contributed by atoms with Gasteiger partial charge in [-0.05, 0) is 77.0 Å². The van der Waals surface area contributed by atoms with Gasteiger partial charge in [0, 0.05) is 52.8 Å². The fourth-order valence-electron chi connectivity index (χ4n) is 8.24. The van der Waals surface area contributed by atoms with Crippen molar-refractivity contribution in [2.75, 3.05) is 0 Å². The van der Waals surface area contributed by atoms with Gasteiger partial charge in [0.2, 0.25) is 0 Å². The quantitative estimate of drug-likeness (QED) is 0.403. The van der Waals surface area contributed by atoms with E-state index in [1.807, 2.05) is 0 Å². The minimum absolute atomic E-state index is 0.429. The minimum Gasteiger partial charge on any atom is -0.242 e. The number of hydrogen-bond donors (Lipinski definition) is 0. The zero-order valence-electron chi connectivity index (χ0n) is 23.4. The fourth-order valence-corrected chi connectivity index (χ4v) is 8.24. The molecular formula is C31H41N7. The van der Waals surface area contributed by atoms with Gasteiger partial charge in [-0.2, -0.15) is 0 Å². The molecule has 0 N–H and O–H groups in total. The highest BCUT2D eigenvalue weighted by molar-refractivity contribution is 6.16. The molecule has 0 saturated heterocycles. The van der Waals surface area contributed by atoms with Crippen LogP contribution in [-0.2, 0) is 0 Å². The Bertz CT molecular complexity index is 1270. The third kappa shape index (κ3) is 4.03. The smallest absolute Gasteiger partial charge is 0.135 e. The first-order chi connectivity index (χ1) is 18.6. The molecule has 8 atom stereocenters. The van der Waals surface area contributed by atoms with Gasteiger partial charge in [0.25, 0.3) is 0 Å². The summed E-state index contributed by atoms with van der Waals surface area (Å²) < 4.78 is 0. The molecule has 7 aliphatic heterocycles. The van der Waals surface area contributed by atoms with E-state index in [0.29, 0.717) is 47.3 Å². The van der Waals surface area contributed by atoms with Crippen molar-refractivity contribution < 1.29 is 0 Å². The molecule has 38 heavy (non-hydrogen) atoms. The second-order valence-electron chi connectivity index (χ2n) is 12.5. The molecule has 8 unspecified atom stereocenters. The van der Waals surface area contributed by atoms with Crippen molar-refractivity contribution in [2.24, 2.45) is 82.3 Å². The molecule has 0 bridgehead atoms. The maximum Gasteiger partial charge on any atom is 0.135 e. The molecule has 7 heterocycles. The van der Waals surface area contributed by atoms with Crippen LogP contribution in [0.3, 0.4) is 0 Å². The van der Waals surface area contributed by atoms with E-state index >= 15 is 0 Å². The number of nitrogens with zero attached hydrogens (tertiary/aromatic N) is 7. The molecule has 0 aromatic rings. The highest BCUT2D eigenvalue weighted by atomic mass is 15.1. The molecule has 0 aromatic heterocycles. The summed E-state index contributed by atoms with van der Waals surface area (Å²) in [6.45, 7) is 8.90. The van der Waals surface area contributed by atoms with Crippen LogP contribution < -0.4 is 0 Å². The predicted octanol–water partition coefficient (Wildman–Crippen LogP) is 6.71. The number of aliphatic imine (C=N–C) groups is 7. The summed E-state index contributed by atoms with van der Waals surface area (Å²) in [7, 11) is 0. The van der Waals surface area contributed by atoms with Gasteiger partial charge in [-0.3, -0.25) is 0 Å². The van der Waals surface area contributed by atoms with Crippen LogP contribution in [0.25, 0.3) is 0 Å². The molecule has 7 rings (SSSR count). The SMILES string of the molecule is C/C=C1/N=C2N=C3N=C4N=C5N=C6N=C7N=C(CC)C(CC)CC7CC6CC5CC4CC3CC2CC1CC. The van der Waals surface area contributed by atoms with E-state index in [-0.39, 0.29) is 0 Å². The van der Waals surface area contributed by atoms with Crippen LogP contribution in [0.1, 0.15) is 91.9 Å². The minimum atomic E-state index is 0.429. The second kappa shape index (κ2) is 9.56. The van der Waals surface area contributed by atoms with Crippen LogP contribution in [0, 0.1) is 47.3 Å². The zero-order valence-corrected chi connectivity index (χ0v) is 23.4. The Morgan fingerprint density at radius 3 is 1.26 bits per heavy atom. The molecule has 7 aliphatic rings. The lowest BCUT2D eigenvalue weighted by molar-refractivity contribution is 0.331. The van der Waals surface area contributed by atoms with E-state index in [2.05, 4.69) is 33.8 Å². The largest absolute Gasteiger partial charge is 0.242 e. The first-order valence-corrected chi connectivity index (χ1v) is 15.3. The first-order valence-electron chi connectivity index (χ1n) is 15.3. The van der Waals surface area contributed by atoms with Crippen molar-refractivity contribution in [1.29, 1.82) is 0 Å². The normalized spacial score (nSPS) is 40.3. The molecule has 7 nitrogen and oxygen atoms in total. The van der Waals surface area contributed by atoms with E-state index < -0.39 is 0 Å². The summed E-state index contributed by atoms with van der Waals surface area (Å²) in [6, 6.07) is 0. The summed E-state index contributed by atoms with van der Waals surface area (Å²) in [6.07, 6.45) is 13.6. The lowest BCUT2D eigenvalue weighted by atomic mass is 9.71. The van der Waals surface area contributed by atoms with E-state index in [9.17, 15) is 0 Å². The summed E-state index contributed by atoms with van der Waals surface area (Å²) in [5.74, 6) is 9.74. The molecular weight excluding hydrogens is 470 g/mol. The maximum atomic E-state index is 5.07. The zero-order chi connectivity index (χ0) is 26.0. The Balaban J connectivity index is 1.19. The predicted molar refractivity (Wildman–Crippen MR) is 157 cm³/mol. The third-order valence-corrected chi connectivity index (χ3v) is 10.4. The molecule has 0 fully saturated rings. The molecule has 7 heteroatoms. The van der Waals surface area contributed by atoms with Crippen molar-refractivity contribution in [1.82, 2.24) is 0 Å². The van der Waals surface area contributed by atoms with Crippen molar-refractivity contribution in [3.8, 4) is 0 Å². The summed E-state index contributed by atoms with van der Waals surface area (Å²) in [5.41, 5.74) is 2.52. The monoisotopic (exact) mass is 511 g/mol. The van der Waals surface area contributed by atoms with Crippen molar-refractivity contribution in [2.45, 2.75) is 91.9 Å². The molecule has 0 saturated carbocycles. The van der Waals surface area contributed by atoms with E-state index in [1.54, 1.807) is 0 Å². The average Bonchev–Trinajstić information content (AvgIpc) is 2.94. The molecule has 0 aliphatic carbocycles. The van der Waals surface area contributed by atoms with Gasteiger partial charge in [-0.1, -0.05) is 26.8 Å². The van der Waals surface area contributed by atoms with Gasteiger partial charge in [0.05, 0.1) is 0 Å². The summed E-state index contributed by atoms with van der Waals surface area (Å²) >= 11 is 0. The van der Waals surface area contributed by atoms with Crippen LogP contribution in [0.4, 0.5) is 0 Å². The Morgan fingerprint density at radius 2 is 0.868 bits per heavy atom. The number of fused-ring (bicyclic) bond motifs is 6. The number of rotatable bonds is 3. The maximum absolute atomic E-state index is 5.07. The lowest BCUT2D eigenvalue weighted by Gasteiger charge is -2.41. The first kappa shape index (κ1) is 24.5. The fraction of sp³-hybridized carbons (Fsp3) is 0.710. The van der Waals surface area contributed by atoms with Gasteiger partial charge in [0.1, 0.15) is 35.0 Å². The summed E-state index contributed by atoms with van der Waals surface area (Å²) in [5, 5.41) is 0. The highest BCUT2D eigenvalue weighted by Gasteiger charge is 2.45. The highest BCUT2D eigenvalue weighted by Crippen LogP contribution is 2.45.